The molecule has 0 aliphatic rings. The summed E-state index contributed by atoms with van der Waals surface area (Å²) in [6.07, 6.45) is 0.235. The Morgan fingerprint density at radius 3 is 2.48 bits per heavy atom. The van der Waals surface area contributed by atoms with Crippen LogP contribution in [0.4, 0.5) is 5.69 Å². The van der Waals surface area contributed by atoms with Crippen molar-refractivity contribution in [3.05, 3.63) is 66.2 Å². The van der Waals surface area contributed by atoms with Gasteiger partial charge in [0.1, 0.15) is 11.2 Å². The van der Waals surface area contributed by atoms with E-state index in [1.807, 2.05) is 48.5 Å². The number of ether oxygens (including phenoxy) is 2. The average Bonchev–Trinajstić information content (AvgIpc) is 3.05. The SMILES string of the molecule is COc1ccc(CC(=O)Nc2ccc3c(c2)oc2ccccc23)cc1OC. The molecule has 1 heterocycles. The third-order valence-corrected chi connectivity index (χ3v) is 4.48. The number of carbonyl (C=O) groups is 1. The van der Waals surface area contributed by atoms with Crippen molar-refractivity contribution in [1.29, 1.82) is 0 Å². The second-order valence-electron chi connectivity index (χ2n) is 6.22. The molecule has 0 spiro atoms. The molecule has 0 aliphatic heterocycles. The second-order valence-corrected chi connectivity index (χ2v) is 6.22. The summed E-state index contributed by atoms with van der Waals surface area (Å²) >= 11 is 0. The van der Waals surface area contributed by atoms with Crippen LogP contribution in [0.2, 0.25) is 0 Å². The van der Waals surface area contributed by atoms with Crippen LogP contribution >= 0.6 is 0 Å². The van der Waals surface area contributed by atoms with E-state index in [4.69, 9.17) is 13.9 Å². The number of fused-ring (bicyclic) bond motifs is 3. The number of hydrogen-bond donors (Lipinski definition) is 1. The number of amides is 1. The largest absolute Gasteiger partial charge is 0.493 e. The number of nitrogens with one attached hydrogen (secondary N) is 1. The zero-order valence-electron chi connectivity index (χ0n) is 15.1. The number of carbonyl (C=O) groups excluding carboxylic acids is 1. The Morgan fingerprint density at radius 1 is 0.889 bits per heavy atom. The summed E-state index contributed by atoms with van der Waals surface area (Å²) in [6.45, 7) is 0. The van der Waals surface area contributed by atoms with Crippen molar-refractivity contribution in [2.24, 2.45) is 0 Å². The highest BCUT2D eigenvalue weighted by Crippen LogP contribution is 2.31. The predicted molar refractivity (Wildman–Crippen MR) is 106 cm³/mol. The average molecular weight is 361 g/mol. The number of rotatable bonds is 5. The van der Waals surface area contributed by atoms with Crippen molar-refractivity contribution in [3.8, 4) is 11.5 Å². The fourth-order valence-electron chi connectivity index (χ4n) is 3.18. The monoisotopic (exact) mass is 361 g/mol. The van der Waals surface area contributed by atoms with E-state index in [1.54, 1.807) is 26.4 Å². The fraction of sp³-hybridized carbons (Fsp3) is 0.136. The molecule has 5 heteroatoms. The lowest BCUT2D eigenvalue weighted by Gasteiger charge is -2.10. The Hall–Kier alpha value is -3.47. The maximum atomic E-state index is 12.4. The van der Waals surface area contributed by atoms with Gasteiger partial charge in [-0.25, -0.2) is 0 Å². The minimum Gasteiger partial charge on any atom is -0.493 e. The molecule has 0 radical (unpaired) electrons. The van der Waals surface area contributed by atoms with Crippen LogP contribution in [-0.4, -0.2) is 20.1 Å². The minimum atomic E-state index is -0.113. The second kappa shape index (κ2) is 7.03. The molecule has 136 valence electrons. The van der Waals surface area contributed by atoms with Gasteiger partial charge in [-0.2, -0.15) is 0 Å². The maximum Gasteiger partial charge on any atom is 0.228 e. The standard InChI is InChI=1S/C22H19NO4/c1-25-19-10-7-14(11-21(19)26-2)12-22(24)23-15-8-9-17-16-5-3-4-6-18(16)27-20(17)13-15/h3-11,13H,12H2,1-2H3,(H,23,24). The Labute approximate surface area is 156 Å². The van der Waals surface area contributed by atoms with Crippen LogP contribution in [0.25, 0.3) is 21.9 Å². The third kappa shape index (κ3) is 3.31. The van der Waals surface area contributed by atoms with Crippen LogP contribution in [0.15, 0.2) is 65.1 Å². The molecular formula is C22H19NO4. The topological polar surface area (TPSA) is 60.7 Å². The Balaban J connectivity index is 1.53. The zero-order valence-corrected chi connectivity index (χ0v) is 15.1. The van der Waals surface area contributed by atoms with Crippen molar-refractivity contribution in [2.45, 2.75) is 6.42 Å². The van der Waals surface area contributed by atoms with Gasteiger partial charge < -0.3 is 19.2 Å². The molecule has 0 aliphatic carbocycles. The normalized spacial score (nSPS) is 10.9. The highest BCUT2D eigenvalue weighted by molar-refractivity contribution is 6.06. The summed E-state index contributed by atoms with van der Waals surface area (Å²) < 4.78 is 16.4. The third-order valence-electron chi connectivity index (χ3n) is 4.48. The smallest absolute Gasteiger partial charge is 0.228 e. The maximum absolute atomic E-state index is 12.4. The van der Waals surface area contributed by atoms with Gasteiger partial charge in [0.15, 0.2) is 11.5 Å². The Bertz CT molecular complexity index is 1130. The van der Waals surface area contributed by atoms with Crippen molar-refractivity contribution in [2.75, 3.05) is 19.5 Å². The van der Waals surface area contributed by atoms with Crippen molar-refractivity contribution in [3.63, 3.8) is 0 Å². The molecule has 5 nitrogen and oxygen atoms in total. The first-order valence-corrected chi connectivity index (χ1v) is 8.60. The summed E-state index contributed by atoms with van der Waals surface area (Å²) in [7, 11) is 3.16. The number of methoxy groups -OCH3 is 2. The lowest BCUT2D eigenvalue weighted by molar-refractivity contribution is -0.115. The highest BCUT2D eigenvalue weighted by Gasteiger charge is 2.11. The number of benzene rings is 3. The molecule has 0 fully saturated rings. The molecule has 0 unspecified atom stereocenters. The fourth-order valence-corrected chi connectivity index (χ4v) is 3.18. The van der Waals surface area contributed by atoms with Crippen LogP contribution in [0.5, 0.6) is 11.5 Å². The van der Waals surface area contributed by atoms with Crippen molar-refractivity contribution >= 4 is 33.5 Å². The van der Waals surface area contributed by atoms with Gasteiger partial charge in [-0.15, -0.1) is 0 Å². The molecule has 4 aromatic rings. The van der Waals surface area contributed by atoms with Crippen LogP contribution in [0.3, 0.4) is 0 Å². The summed E-state index contributed by atoms with van der Waals surface area (Å²) in [5.74, 6) is 1.13. The van der Waals surface area contributed by atoms with Gasteiger partial charge in [-0.3, -0.25) is 4.79 Å². The van der Waals surface area contributed by atoms with E-state index >= 15 is 0 Å². The molecule has 0 saturated heterocycles. The predicted octanol–water partition coefficient (Wildman–Crippen LogP) is 4.78. The summed E-state index contributed by atoms with van der Waals surface area (Å²) in [4.78, 5) is 12.4. The summed E-state index contributed by atoms with van der Waals surface area (Å²) in [6, 6.07) is 19.0. The van der Waals surface area contributed by atoms with Gasteiger partial charge in [0.25, 0.3) is 0 Å². The van der Waals surface area contributed by atoms with Crippen LogP contribution < -0.4 is 14.8 Å². The lowest BCUT2D eigenvalue weighted by atomic mass is 10.1. The first-order valence-electron chi connectivity index (χ1n) is 8.60. The molecular weight excluding hydrogens is 342 g/mol. The summed E-state index contributed by atoms with van der Waals surface area (Å²) in [5.41, 5.74) is 3.13. The Kier molecular flexibility index (Phi) is 4.42. The van der Waals surface area contributed by atoms with E-state index in [1.165, 1.54) is 0 Å². The van der Waals surface area contributed by atoms with Gasteiger partial charge in [-0.05, 0) is 35.9 Å². The van der Waals surface area contributed by atoms with E-state index in [0.29, 0.717) is 17.2 Å². The van der Waals surface area contributed by atoms with Gasteiger partial charge in [0, 0.05) is 22.5 Å². The highest BCUT2D eigenvalue weighted by atomic mass is 16.5. The Morgan fingerprint density at radius 2 is 1.67 bits per heavy atom. The van der Waals surface area contributed by atoms with Gasteiger partial charge in [-0.1, -0.05) is 24.3 Å². The van der Waals surface area contributed by atoms with Gasteiger partial charge in [0.2, 0.25) is 5.91 Å². The van der Waals surface area contributed by atoms with Crippen LogP contribution in [0, 0.1) is 0 Å². The number of hydrogen-bond acceptors (Lipinski definition) is 4. The molecule has 0 atom stereocenters. The molecule has 3 aromatic carbocycles. The van der Waals surface area contributed by atoms with Gasteiger partial charge >= 0.3 is 0 Å². The van der Waals surface area contributed by atoms with E-state index in [2.05, 4.69) is 5.32 Å². The molecule has 27 heavy (non-hydrogen) atoms. The van der Waals surface area contributed by atoms with E-state index in [0.717, 1.165) is 27.5 Å². The molecule has 1 aromatic heterocycles. The van der Waals surface area contributed by atoms with Gasteiger partial charge in [0.05, 0.1) is 20.6 Å². The molecule has 1 N–H and O–H groups in total. The summed E-state index contributed by atoms with van der Waals surface area (Å²) in [5, 5.41) is 5.02. The molecule has 1 amide bonds. The lowest BCUT2D eigenvalue weighted by Crippen LogP contribution is -2.14. The van der Waals surface area contributed by atoms with Crippen molar-refractivity contribution in [1.82, 2.24) is 0 Å². The first-order chi connectivity index (χ1) is 13.2. The number of anilines is 1. The van der Waals surface area contributed by atoms with Crippen molar-refractivity contribution < 1.29 is 18.7 Å². The van der Waals surface area contributed by atoms with E-state index in [-0.39, 0.29) is 12.3 Å². The van der Waals surface area contributed by atoms with E-state index < -0.39 is 0 Å². The number of para-hydroxylation sites is 1. The molecule has 4 rings (SSSR count). The first kappa shape index (κ1) is 17.0. The van der Waals surface area contributed by atoms with E-state index in [9.17, 15) is 4.79 Å². The molecule has 0 bridgehead atoms. The minimum absolute atomic E-state index is 0.113. The quantitative estimate of drug-likeness (QED) is 0.555. The molecule has 0 saturated carbocycles. The van der Waals surface area contributed by atoms with Crippen LogP contribution in [-0.2, 0) is 11.2 Å². The number of furan rings is 1. The van der Waals surface area contributed by atoms with Crippen LogP contribution in [0.1, 0.15) is 5.56 Å². The zero-order chi connectivity index (χ0) is 18.8.